The Kier molecular flexibility index (Phi) is 15.4. The SMILES string of the molecule is CCCCCc1ccc(-c2c3nc(c(-c4ccc(CCCCC)cc4)c4ccc([nH]4)c(-c4ccc(CCCCC)cc4)c4nc(c(-c5ccc(CCCCC)cc5)c5ccc2[nH]5)C=C4)C=C3)cc1. The van der Waals surface area contributed by atoms with E-state index in [-0.39, 0.29) is 0 Å². The van der Waals surface area contributed by atoms with Crippen molar-refractivity contribution in [2.45, 2.75) is 130 Å². The first kappa shape index (κ1) is 46.6. The third kappa shape index (κ3) is 10.8. The molecule has 3 aromatic heterocycles. The number of H-pyrrole nitrogens is 2. The second-order valence-corrected chi connectivity index (χ2v) is 19.1. The third-order valence-electron chi connectivity index (χ3n) is 14.0. The molecule has 2 N–H and O–H groups in total. The predicted octanol–water partition coefficient (Wildman–Crippen LogP) is 18.3. The Bertz CT molecular complexity index is 2610. The summed E-state index contributed by atoms with van der Waals surface area (Å²) in [5.41, 5.74) is 22.3. The van der Waals surface area contributed by atoms with Crippen molar-refractivity contribution in [2.75, 3.05) is 0 Å². The summed E-state index contributed by atoms with van der Waals surface area (Å²) in [6.07, 6.45) is 27.9. The number of hydrogen-bond donors (Lipinski definition) is 2. The molecule has 0 amide bonds. The molecular weight excluding hydrogens is 825 g/mol. The van der Waals surface area contributed by atoms with Gasteiger partial charge in [-0.15, -0.1) is 0 Å². The molecule has 2 aliphatic heterocycles. The smallest absolute Gasteiger partial charge is 0.0737 e. The van der Waals surface area contributed by atoms with E-state index in [0.29, 0.717) is 0 Å². The molecular formula is C64H70N4. The fraction of sp³-hybridized carbons (Fsp3) is 0.312. The lowest BCUT2D eigenvalue weighted by Gasteiger charge is -2.09. The van der Waals surface area contributed by atoms with Crippen LogP contribution in [0.3, 0.4) is 0 Å². The molecule has 4 nitrogen and oxygen atoms in total. The monoisotopic (exact) mass is 895 g/mol. The van der Waals surface area contributed by atoms with Crippen molar-refractivity contribution in [3.8, 4) is 44.5 Å². The highest BCUT2D eigenvalue weighted by atomic mass is 14.8. The molecule has 7 aromatic rings. The zero-order valence-corrected chi connectivity index (χ0v) is 41.1. The van der Waals surface area contributed by atoms with Crippen molar-refractivity contribution in [1.29, 1.82) is 0 Å². The van der Waals surface area contributed by atoms with Crippen LogP contribution in [0, 0.1) is 0 Å². The van der Waals surface area contributed by atoms with E-state index in [1.54, 1.807) is 0 Å². The quantitative estimate of drug-likeness (QED) is 0.0749. The molecule has 0 saturated carbocycles. The lowest BCUT2D eigenvalue weighted by molar-refractivity contribution is 0.717. The summed E-state index contributed by atoms with van der Waals surface area (Å²) < 4.78 is 0. The van der Waals surface area contributed by atoms with Crippen molar-refractivity contribution in [3.63, 3.8) is 0 Å². The van der Waals surface area contributed by atoms with Gasteiger partial charge in [0.2, 0.25) is 0 Å². The Balaban J connectivity index is 1.31. The zero-order valence-electron chi connectivity index (χ0n) is 41.1. The van der Waals surface area contributed by atoms with Crippen LogP contribution in [0.2, 0.25) is 0 Å². The van der Waals surface area contributed by atoms with Crippen molar-refractivity contribution in [2.24, 2.45) is 0 Å². The van der Waals surface area contributed by atoms with E-state index in [0.717, 1.165) is 115 Å². The fourth-order valence-electron chi connectivity index (χ4n) is 10.1. The maximum Gasteiger partial charge on any atom is 0.0737 e. The number of aromatic nitrogens is 4. The van der Waals surface area contributed by atoms with Crippen LogP contribution in [0.5, 0.6) is 0 Å². The van der Waals surface area contributed by atoms with Crippen LogP contribution < -0.4 is 0 Å². The molecule has 0 aliphatic carbocycles. The zero-order chi connectivity index (χ0) is 46.7. The van der Waals surface area contributed by atoms with Gasteiger partial charge in [-0.1, -0.05) is 176 Å². The molecule has 0 spiro atoms. The van der Waals surface area contributed by atoms with Crippen molar-refractivity contribution >= 4 is 46.4 Å². The second kappa shape index (κ2) is 22.5. The molecule has 8 bridgehead atoms. The number of benzene rings is 4. The minimum Gasteiger partial charge on any atom is -0.354 e. The number of aromatic amines is 2. The molecule has 346 valence electrons. The van der Waals surface area contributed by atoms with E-state index in [2.05, 4.69) is 183 Å². The summed E-state index contributed by atoms with van der Waals surface area (Å²) >= 11 is 0. The Morgan fingerprint density at radius 1 is 0.279 bits per heavy atom. The summed E-state index contributed by atoms with van der Waals surface area (Å²) in [6, 6.07) is 45.9. The Labute approximate surface area is 405 Å². The minimum atomic E-state index is 0.942. The summed E-state index contributed by atoms with van der Waals surface area (Å²) in [5, 5.41) is 0. The highest BCUT2D eigenvalue weighted by molar-refractivity contribution is 5.99. The maximum atomic E-state index is 5.60. The van der Waals surface area contributed by atoms with Crippen LogP contribution in [0.1, 0.15) is 150 Å². The molecule has 0 unspecified atom stereocenters. The third-order valence-corrected chi connectivity index (χ3v) is 14.0. The molecule has 2 aliphatic rings. The Hall–Kier alpha value is -6.52. The first-order chi connectivity index (χ1) is 33.5. The van der Waals surface area contributed by atoms with Gasteiger partial charge in [0.05, 0.1) is 22.8 Å². The minimum absolute atomic E-state index is 0.942. The second-order valence-electron chi connectivity index (χ2n) is 19.1. The topological polar surface area (TPSA) is 57.4 Å². The average molecular weight is 895 g/mol. The molecule has 0 fully saturated rings. The van der Waals surface area contributed by atoms with Crippen LogP contribution in [0.25, 0.3) is 90.9 Å². The van der Waals surface area contributed by atoms with E-state index in [1.165, 1.54) is 99.3 Å². The van der Waals surface area contributed by atoms with E-state index in [9.17, 15) is 0 Å². The number of nitrogens with zero attached hydrogens (tertiary/aromatic N) is 2. The highest BCUT2D eigenvalue weighted by Crippen LogP contribution is 2.39. The number of aryl methyl sites for hydroxylation is 4. The summed E-state index contributed by atoms with van der Waals surface area (Å²) in [4.78, 5) is 19.1. The van der Waals surface area contributed by atoms with Gasteiger partial charge in [0.15, 0.2) is 0 Å². The molecule has 4 aromatic carbocycles. The van der Waals surface area contributed by atoms with Gasteiger partial charge >= 0.3 is 0 Å². The van der Waals surface area contributed by atoms with Crippen LogP contribution in [0.4, 0.5) is 0 Å². The molecule has 0 atom stereocenters. The standard InChI is InChI=1S/C64H70N4/c1-5-9-13-17-45-21-29-49(30-22-45)61-53-37-39-55(65-53)62(50-31-23-46(24-32-50)18-14-10-6-2)57-41-43-59(67-57)64(52-35-27-48(28-36-52)20-16-12-8-4)60-44-42-58(68-60)63(56-40-38-54(61)66-56)51-33-25-47(26-34-51)19-15-11-7-3/h21-44,65,68H,5-20H2,1-4H3. The average Bonchev–Trinajstić information content (AvgIpc) is 4.23. The van der Waals surface area contributed by atoms with Crippen LogP contribution in [0.15, 0.2) is 121 Å². The summed E-state index contributed by atoms with van der Waals surface area (Å²) in [7, 11) is 0. The molecule has 0 radical (unpaired) electrons. The number of fused-ring (bicyclic) bond motifs is 8. The van der Waals surface area contributed by atoms with Crippen LogP contribution >= 0.6 is 0 Å². The predicted molar refractivity (Wildman–Crippen MR) is 294 cm³/mol. The van der Waals surface area contributed by atoms with Crippen molar-refractivity contribution in [3.05, 3.63) is 166 Å². The van der Waals surface area contributed by atoms with Gasteiger partial charge in [0.25, 0.3) is 0 Å². The number of hydrogen-bond acceptors (Lipinski definition) is 2. The van der Waals surface area contributed by atoms with Gasteiger partial charge in [-0.25, -0.2) is 9.97 Å². The lowest BCUT2D eigenvalue weighted by Crippen LogP contribution is -1.91. The molecule has 4 heteroatoms. The van der Waals surface area contributed by atoms with Gasteiger partial charge < -0.3 is 9.97 Å². The summed E-state index contributed by atoms with van der Waals surface area (Å²) in [5.74, 6) is 0. The van der Waals surface area contributed by atoms with Crippen molar-refractivity contribution in [1.82, 2.24) is 19.9 Å². The first-order valence-electron chi connectivity index (χ1n) is 26.1. The van der Waals surface area contributed by atoms with Gasteiger partial charge in [0.1, 0.15) is 0 Å². The normalized spacial score (nSPS) is 12.1. The van der Waals surface area contributed by atoms with Crippen molar-refractivity contribution < 1.29 is 0 Å². The van der Waals surface area contributed by atoms with Gasteiger partial charge in [-0.2, -0.15) is 0 Å². The van der Waals surface area contributed by atoms with E-state index < -0.39 is 0 Å². The molecule has 68 heavy (non-hydrogen) atoms. The van der Waals surface area contributed by atoms with Crippen LogP contribution in [-0.2, 0) is 25.7 Å². The van der Waals surface area contributed by atoms with E-state index in [4.69, 9.17) is 9.97 Å². The first-order valence-corrected chi connectivity index (χ1v) is 26.1. The fourth-order valence-corrected chi connectivity index (χ4v) is 10.1. The number of unbranched alkanes of at least 4 members (excludes halogenated alkanes) is 8. The van der Waals surface area contributed by atoms with E-state index in [1.807, 2.05) is 0 Å². The van der Waals surface area contributed by atoms with Gasteiger partial charge in [-0.3, -0.25) is 0 Å². The Morgan fingerprint density at radius 3 is 0.706 bits per heavy atom. The molecule has 9 rings (SSSR count). The maximum absolute atomic E-state index is 5.60. The van der Waals surface area contributed by atoms with Gasteiger partial charge in [-0.05, 0) is 144 Å². The number of rotatable bonds is 20. The van der Waals surface area contributed by atoms with Crippen LogP contribution in [-0.4, -0.2) is 19.9 Å². The largest absolute Gasteiger partial charge is 0.354 e. The Morgan fingerprint density at radius 2 is 0.500 bits per heavy atom. The lowest BCUT2D eigenvalue weighted by atomic mass is 10.00. The van der Waals surface area contributed by atoms with Gasteiger partial charge in [0, 0.05) is 44.3 Å². The molecule has 5 heterocycles. The summed E-state index contributed by atoms with van der Waals surface area (Å²) in [6.45, 7) is 9.08. The number of nitrogens with one attached hydrogen (secondary N) is 2. The highest BCUT2D eigenvalue weighted by Gasteiger charge is 2.19. The van der Waals surface area contributed by atoms with E-state index >= 15 is 0 Å². The molecule has 0 saturated heterocycles.